The van der Waals surface area contributed by atoms with E-state index in [0.717, 1.165) is 22.9 Å². The molecule has 7 nitrogen and oxygen atoms in total. The van der Waals surface area contributed by atoms with Gasteiger partial charge >= 0.3 is 0 Å². The van der Waals surface area contributed by atoms with Gasteiger partial charge in [-0.1, -0.05) is 19.9 Å². The molecule has 0 saturated heterocycles. The molecule has 1 unspecified atom stereocenters. The van der Waals surface area contributed by atoms with Crippen LogP contribution in [-0.4, -0.2) is 41.6 Å². The Morgan fingerprint density at radius 3 is 2.96 bits per heavy atom. The number of rotatable bonds is 6. The number of hydrogen-bond acceptors (Lipinski definition) is 6. The van der Waals surface area contributed by atoms with E-state index in [4.69, 9.17) is 4.74 Å². The van der Waals surface area contributed by atoms with Gasteiger partial charge in [0.1, 0.15) is 12.0 Å². The van der Waals surface area contributed by atoms with Crippen LogP contribution in [0.15, 0.2) is 41.4 Å². The number of fused-ring (bicyclic) bond motifs is 1. The molecular weight excluding hydrogens is 330 g/mol. The summed E-state index contributed by atoms with van der Waals surface area (Å²) in [5, 5.41) is 6.95. The summed E-state index contributed by atoms with van der Waals surface area (Å²) in [6, 6.07) is 5.83. The van der Waals surface area contributed by atoms with E-state index in [1.165, 1.54) is 6.33 Å². The molecule has 1 amide bonds. The second kappa shape index (κ2) is 8.05. The normalized spacial score (nSPS) is 16.8. The quantitative estimate of drug-likeness (QED) is 0.777. The lowest BCUT2D eigenvalue weighted by Crippen LogP contribution is -2.45. The maximum atomic E-state index is 12.2. The van der Waals surface area contributed by atoms with Gasteiger partial charge in [0.15, 0.2) is 0 Å². The van der Waals surface area contributed by atoms with Gasteiger partial charge in [0.25, 0.3) is 5.91 Å². The molecule has 0 spiro atoms. The van der Waals surface area contributed by atoms with Crippen LogP contribution in [0, 0.1) is 5.92 Å². The van der Waals surface area contributed by atoms with E-state index < -0.39 is 0 Å². The maximum absolute atomic E-state index is 12.2. The Bertz CT molecular complexity index is 860. The molecule has 136 valence electrons. The van der Waals surface area contributed by atoms with E-state index >= 15 is 0 Å². The summed E-state index contributed by atoms with van der Waals surface area (Å²) in [6.07, 6.45) is 5.94. The van der Waals surface area contributed by atoms with Gasteiger partial charge in [-0.25, -0.2) is 15.0 Å². The fraction of sp³-hybridized carbons (Fsp3) is 0.368. The number of benzene rings is 1. The van der Waals surface area contributed by atoms with Crippen LogP contribution in [0.2, 0.25) is 0 Å². The van der Waals surface area contributed by atoms with Crippen LogP contribution >= 0.6 is 0 Å². The molecular formula is C19H23N5O2. The Morgan fingerprint density at radius 2 is 2.19 bits per heavy atom. The van der Waals surface area contributed by atoms with Crippen LogP contribution in [0.5, 0.6) is 0 Å². The van der Waals surface area contributed by atoms with Gasteiger partial charge in [-0.05, 0) is 36.1 Å². The highest BCUT2D eigenvalue weighted by Gasteiger charge is 2.22. The Hall–Kier alpha value is -2.80. The molecule has 0 saturated carbocycles. The lowest BCUT2D eigenvalue weighted by Gasteiger charge is -2.20. The summed E-state index contributed by atoms with van der Waals surface area (Å²) in [5.74, 6) is 0.751. The van der Waals surface area contributed by atoms with Gasteiger partial charge < -0.3 is 10.1 Å². The Morgan fingerprint density at radius 1 is 1.35 bits per heavy atom. The smallest absolute Gasteiger partial charge is 0.276 e. The fourth-order valence-electron chi connectivity index (χ4n) is 2.92. The third-order valence-electron chi connectivity index (χ3n) is 3.99. The zero-order valence-electron chi connectivity index (χ0n) is 15.2. The van der Waals surface area contributed by atoms with E-state index in [2.05, 4.69) is 39.4 Å². The summed E-state index contributed by atoms with van der Waals surface area (Å²) < 4.78 is 5.25. The van der Waals surface area contributed by atoms with Gasteiger partial charge in [-0.15, -0.1) is 0 Å². The van der Waals surface area contributed by atoms with E-state index in [0.29, 0.717) is 24.2 Å². The van der Waals surface area contributed by atoms with E-state index in [9.17, 15) is 4.79 Å². The van der Waals surface area contributed by atoms with Crippen molar-refractivity contribution < 1.29 is 9.53 Å². The molecule has 0 bridgehead atoms. The molecule has 1 atom stereocenters. The number of amides is 1. The van der Waals surface area contributed by atoms with Crippen LogP contribution in [-0.2, 0) is 9.53 Å². The number of nitrogens with zero attached hydrogens (tertiary/aromatic N) is 3. The number of methoxy groups -OCH3 is 1. The van der Waals surface area contributed by atoms with Crippen molar-refractivity contribution in [2.75, 3.05) is 13.7 Å². The standard InChI is InChI=1S/C19H23N5O2/c1-12(2)6-15(10-26-3)22-19-23-17(18(25)24-19)8-13-4-5-16-14(7-13)9-20-11-21-16/h4-5,7-9,11-12,15H,6,10H2,1-3H3,(H2,22,23,24,25)/b17-8-. The molecule has 2 aromatic rings. The second-order valence-corrected chi connectivity index (χ2v) is 6.71. The van der Waals surface area contributed by atoms with Crippen molar-refractivity contribution in [1.29, 1.82) is 0 Å². The van der Waals surface area contributed by atoms with Crippen LogP contribution in [0.25, 0.3) is 17.0 Å². The number of guanidine groups is 1. The van der Waals surface area contributed by atoms with Crippen molar-refractivity contribution in [3.05, 3.63) is 42.0 Å². The minimum Gasteiger partial charge on any atom is -0.383 e. The Labute approximate surface area is 152 Å². The minimum atomic E-state index is -0.224. The first kappa shape index (κ1) is 18.0. The minimum absolute atomic E-state index is 0.0937. The van der Waals surface area contributed by atoms with Crippen molar-refractivity contribution in [3.63, 3.8) is 0 Å². The number of hydrogen-bond donors (Lipinski definition) is 2. The Balaban J connectivity index is 1.78. The lowest BCUT2D eigenvalue weighted by molar-refractivity contribution is -0.115. The summed E-state index contributed by atoms with van der Waals surface area (Å²) >= 11 is 0. The highest BCUT2D eigenvalue weighted by Crippen LogP contribution is 2.17. The maximum Gasteiger partial charge on any atom is 0.276 e. The number of nitrogens with one attached hydrogen (secondary N) is 2. The van der Waals surface area contributed by atoms with Crippen LogP contribution in [0.3, 0.4) is 0 Å². The predicted octanol–water partition coefficient (Wildman–Crippen LogP) is 2.11. The Kier molecular flexibility index (Phi) is 5.58. The van der Waals surface area contributed by atoms with E-state index in [1.807, 2.05) is 18.2 Å². The molecule has 1 aromatic heterocycles. The van der Waals surface area contributed by atoms with Gasteiger partial charge in [-0.2, -0.15) is 0 Å². The van der Waals surface area contributed by atoms with Crippen molar-refractivity contribution in [3.8, 4) is 0 Å². The topological polar surface area (TPSA) is 88.5 Å². The van der Waals surface area contributed by atoms with E-state index in [-0.39, 0.29) is 11.9 Å². The summed E-state index contributed by atoms with van der Waals surface area (Å²) in [7, 11) is 1.67. The zero-order valence-corrected chi connectivity index (χ0v) is 15.2. The number of carbonyl (C=O) groups excluding carboxylic acids is 1. The van der Waals surface area contributed by atoms with Crippen molar-refractivity contribution >= 4 is 28.8 Å². The molecule has 1 aliphatic rings. The first-order valence-electron chi connectivity index (χ1n) is 8.62. The van der Waals surface area contributed by atoms with Gasteiger partial charge in [0.2, 0.25) is 5.96 Å². The first-order chi connectivity index (χ1) is 12.5. The van der Waals surface area contributed by atoms with Gasteiger partial charge in [0, 0.05) is 18.7 Å². The lowest BCUT2D eigenvalue weighted by atomic mass is 10.0. The molecule has 1 aliphatic heterocycles. The van der Waals surface area contributed by atoms with Crippen LogP contribution in [0.4, 0.5) is 0 Å². The third kappa shape index (κ3) is 4.43. The number of carbonyl (C=O) groups is 1. The van der Waals surface area contributed by atoms with Crippen molar-refractivity contribution in [2.45, 2.75) is 26.3 Å². The van der Waals surface area contributed by atoms with E-state index in [1.54, 1.807) is 19.4 Å². The zero-order chi connectivity index (χ0) is 18.5. The average molecular weight is 353 g/mol. The molecule has 1 aromatic carbocycles. The van der Waals surface area contributed by atoms with Crippen molar-refractivity contribution in [2.24, 2.45) is 10.9 Å². The molecule has 3 rings (SSSR count). The molecule has 0 fully saturated rings. The van der Waals surface area contributed by atoms with Crippen LogP contribution in [0.1, 0.15) is 25.8 Å². The fourth-order valence-corrected chi connectivity index (χ4v) is 2.92. The predicted molar refractivity (Wildman–Crippen MR) is 101 cm³/mol. The largest absolute Gasteiger partial charge is 0.383 e. The molecule has 2 N–H and O–H groups in total. The highest BCUT2D eigenvalue weighted by molar-refractivity contribution is 6.13. The number of ether oxygens (including phenoxy) is 1. The average Bonchev–Trinajstić information content (AvgIpc) is 2.93. The number of aromatic nitrogens is 2. The summed E-state index contributed by atoms with van der Waals surface area (Å²) in [5.41, 5.74) is 2.10. The first-order valence-corrected chi connectivity index (χ1v) is 8.62. The highest BCUT2D eigenvalue weighted by atomic mass is 16.5. The molecule has 26 heavy (non-hydrogen) atoms. The number of aliphatic imine (C=N–C) groups is 1. The third-order valence-corrected chi connectivity index (χ3v) is 3.99. The van der Waals surface area contributed by atoms with Gasteiger partial charge in [-0.3, -0.25) is 10.1 Å². The van der Waals surface area contributed by atoms with Crippen molar-refractivity contribution in [1.82, 2.24) is 20.6 Å². The summed E-state index contributed by atoms with van der Waals surface area (Å²) in [4.78, 5) is 24.8. The summed E-state index contributed by atoms with van der Waals surface area (Å²) in [6.45, 7) is 4.85. The van der Waals surface area contributed by atoms with Gasteiger partial charge in [0.05, 0.1) is 18.2 Å². The molecule has 0 radical (unpaired) electrons. The monoisotopic (exact) mass is 353 g/mol. The molecule has 2 heterocycles. The molecule has 0 aliphatic carbocycles. The SMILES string of the molecule is COCC(CC(C)C)NC1=N/C(=C\c2ccc3ncncc3c2)C(=O)N1. The molecule has 7 heteroatoms. The second-order valence-electron chi connectivity index (χ2n) is 6.71. The van der Waals surface area contributed by atoms with Crippen LogP contribution < -0.4 is 10.6 Å².